The number of nitrogens with one attached hydrogen (secondary N) is 1. The highest BCUT2D eigenvalue weighted by atomic mass is 15.0. The summed E-state index contributed by atoms with van der Waals surface area (Å²) < 4.78 is 0. The van der Waals surface area contributed by atoms with E-state index in [1.165, 1.54) is 19.3 Å². The van der Waals surface area contributed by atoms with Crippen LogP contribution in [0.1, 0.15) is 45.4 Å². The third kappa shape index (κ3) is 1.24. The zero-order chi connectivity index (χ0) is 8.89. The Morgan fingerprint density at radius 1 is 1.00 bits per heavy atom. The van der Waals surface area contributed by atoms with Gasteiger partial charge in [0.05, 0.1) is 0 Å². The second-order valence-corrected chi connectivity index (χ2v) is 5.63. The Morgan fingerprint density at radius 2 is 1.46 bits per heavy atom. The summed E-state index contributed by atoms with van der Waals surface area (Å²) in [6.45, 7) is 4.31. The zero-order valence-electron chi connectivity index (χ0n) is 8.55. The van der Waals surface area contributed by atoms with Gasteiger partial charge in [-0.1, -0.05) is 0 Å². The van der Waals surface area contributed by atoms with Gasteiger partial charge in [-0.3, -0.25) is 0 Å². The van der Waals surface area contributed by atoms with Gasteiger partial charge in [-0.15, -0.1) is 0 Å². The normalized spacial score (nSPS) is 52.8. The lowest BCUT2D eigenvalue weighted by Crippen LogP contribution is -2.57. The van der Waals surface area contributed by atoms with Crippen LogP contribution >= 0.6 is 0 Å². The van der Waals surface area contributed by atoms with Crippen molar-refractivity contribution in [3.05, 3.63) is 6.54 Å². The third-order valence-electron chi connectivity index (χ3n) is 4.49. The van der Waals surface area contributed by atoms with Crippen molar-refractivity contribution in [1.29, 1.82) is 0 Å². The Labute approximate surface area is 81.3 Å². The Hall–Kier alpha value is -0.0400. The number of hydrogen-bond donors (Lipinski definition) is 1. The first-order chi connectivity index (χ1) is 6.30. The van der Waals surface area contributed by atoms with Crippen molar-refractivity contribution in [3.8, 4) is 0 Å². The van der Waals surface area contributed by atoms with Crippen LogP contribution in [0.25, 0.3) is 0 Å². The summed E-state index contributed by atoms with van der Waals surface area (Å²) in [5, 5.41) is 3.67. The molecule has 4 fully saturated rings. The fraction of sp³-hybridized carbons (Fsp3) is 0.917. The van der Waals surface area contributed by atoms with Gasteiger partial charge in [0.2, 0.25) is 0 Å². The summed E-state index contributed by atoms with van der Waals surface area (Å²) in [7, 11) is 0. The molecule has 0 amide bonds. The quantitative estimate of drug-likeness (QED) is 0.685. The summed E-state index contributed by atoms with van der Waals surface area (Å²) >= 11 is 0. The molecule has 1 nitrogen and oxygen atoms in total. The van der Waals surface area contributed by atoms with Crippen LogP contribution in [-0.4, -0.2) is 5.54 Å². The van der Waals surface area contributed by atoms with Gasteiger partial charge in [-0.25, -0.2) is 0 Å². The van der Waals surface area contributed by atoms with Crippen LogP contribution in [0.3, 0.4) is 0 Å². The predicted octanol–water partition coefficient (Wildman–Crippen LogP) is 2.73. The van der Waals surface area contributed by atoms with Gasteiger partial charge in [0.1, 0.15) is 0 Å². The molecule has 1 radical (unpaired) electrons. The molecule has 73 valence electrons. The topological polar surface area (TPSA) is 12.0 Å². The van der Waals surface area contributed by atoms with Gasteiger partial charge < -0.3 is 5.32 Å². The lowest BCUT2D eigenvalue weighted by Gasteiger charge is -2.57. The van der Waals surface area contributed by atoms with E-state index >= 15 is 0 Å². The predicted molar refractivity (Wildman–Crippen MR) is 54.0 cm³/mol. The highest BCUT2D eigenvalue weighted by Gasteiger charge is 2.50. The van der Waals surface area contributed by atoms with Crippen LogP contribution in [0, 0.1) is 24.3 Å². The molecule has 4 aliphatic rings. The lowest BCUT2D eigenvalue weighted by molar-refractivity contribution is -0.0153. The average molecular weight is 178 g/mol. The molecule has 1 heteroatoms. The van der Waals surface area contributed by atoms with Gasteiger partial charge >= 0.3 is 0 Å². The van der Waals surface area contributed by atoms with E-state index in [4.69, 9.17) is 0 Å². The smallest absolute Gasteiger partial charge is 0.0195 e. The van der Waals surface area contributed by atoms with Crippen molar-refractivity contribution in [1.82, 2.24) is 5.32 Å². The van der Waals surface area contributed by atoms with Gasteiger partial charge in [0.25, 0.3) is 0 Å². The first-order valence-electron chi connectivity index (χ1n) is 5.85. The van der Waals surface area contributed by atoms with Crippen LogP contribution < -0.4 is 5.32 Å². The van der Waals surface area contributed by atoms with Crippen molar-refractivity contribution in [2.24, 2.45) is 17.8 Å². The van der Waals surface area contributed by atoms with E-state index in [1.807, 2.05) is 0 Å². The first-order valence-corrected chi connectivity index (χ1v) is 5.85. The Bertz CT molecular complexity index is 174. The summed E-state index contributed by atoms with van der Waals surface area (Å²) in [4.78, 5) is 0. The Kier molecular flexibility index (Phi) is 1.74. The van der Waals surface area contributed by atoms with Gasteiger partial charge in [0.15, 0.2) is 0 Å². The number of hydrogen-bond acceptors (Lipinski definition) is 1. The van der Waals surface area contributed by atoms with E-state index in [1.54, 1.807) is 19.3 Å². The van der Waals surface area contributed by atoms with Crippen LogP contribution in [0.15, 0.2) is 0 Å². The maximum absolute atomic E-state index is 3.67. The van der Waals surface area contributed by atoms with Crippen LogP contribution in [0.5, 0.6) is 0 Å². The maximum atomic E-state index is 3.67. The van der Waals surface area contributed by atoms with E-state index in [9.17, 15) is 0 Å². The second-order valence-electron chi connectivity index (χ2n) is 5.63. The monoisotopic (exact) mass is 178 g/mol. The molecule has 13 heavy (non-hydrogen) atoms. The molecule has 0 saturated heterocycles. The minimum Gasteiger partial charge on any atom is -0.307 e. The van der Waals surface area contributed by atoms with E-state index in [-0.39, 0.29) is 0 Å². The molecule has 0 unspecified atom stereocenters. The highest BCUT2D eigenvalue weighted by molar-refractivity contribution is 5.06. The molecule has 0 heterocycles. The molecular formula is C12H20N. The molecule has 0 aromatic rings. The standard InChI is InChI=1S/C12H20N/c1-2-13-12-6-9-3-10(7-12)5-11(4-9)8-12/h2,9-11,13H,3-8H2,1H3. The van der Waals surface area contributed by atoms with E-state index in [2.05, 4.69) is 18.8 Å². The van der Waals surface area contributed by atoms with Crippen molar-refractivity contribution in [2.75, 3.05) is 0 Å². The van der Waals surface area contributed by atoms with Crippen LogP contribution in [0.2, 0.25) is 0 Å². The van der Waals surface area contributed by atoms with Crippen molar-refractivity contribution in [3.63, 3.8) is 0 Å². The maximum Gasteiger partial charge on any atom is 0.0195 e. The SMILES string of the molecule is C[CH]NC12CC3CC(CC(C3)C1)C2. The van der Waals surface area contributed by atoms with Crippen LogP contribution in [0.4, 0.5) is 0 Å². The molecule has 1 N–H and O–H groups in total. The summed E-state index contributed by atoms with van der Waals surface area (Å²) in [5.74, 6) is 3.20. The van der Waals surface area contributed by atoms with Gasteiger partial charge in [0, 0.05) is 12.1 Å². The third-order valence-corrected chi connectivity index (χ3v) is 4.49. The molecule has 4 saturated carbocycles. The molecule has 0 spiro atoms. The average Bonchev–Trinajstić information content (AvgIpc) is 2.00. The highest BCUT2D eigenvalue weighted by Crippen LogP contribution is 2.55. The fourth-order valence-electron chi connectivity index (χ4n) is 4.59. The lowest BCUT2D eigenvalue weighted by atomic mass is 9.53. The molecule has 4 bridgehead atoms. The number of rotatable bonds is 2. The summed E-state index contributed by atoms with van der Waals surface area (Å²) in [6.07, 6.45) is 9.02. The molecule has 0 atom stereocenters. The molecule has 4 aliphatic carbocycles. The van der Waals surface area contributed by atoms with Crippen LogP contribution in [-0.2, 0) is 0 Å². The fourth-order valence-corrected chi connectivity index (χ4v) is 4.59. The zero-order valence-corrected chi connectivity index (χ0v) is 8.55. The Balaban J connectivity index is 1.83. The van der Waals surface area contributed by atoms with Gasteiger partial charge in [-0.2, -0.15) is 0 Å². The van der Waals surface area contributed by atoms with Crippen molar-refractivity contribution >= 4 is 0 Å². The molecule has 0 aromatic heterocycles. The van der Waals surface area contributed by atoms with Crippen molar-refractivity contribution < 1.29 is 0 Å². The molecule has 0 aromatic carbocycles. The van der Waals surface area contributed by atoms with E-state index in [0.29, 0.717) is 5.54 Å². The van der Waals surface area contributed by atoms with Gasteiger partial charge in [-0.05, 0) is 63.2 Å². The first kappa shape index (κ1) is 8.28. The minimum atomic E-state index is 0.545. The molecular weight excluding hydrogens is 158 g/mol. The molecule has 4 rings (SSSR count). The summed E-state index contributed by atoms with van der Waals surface area (Å²) in [5.41, 5.74) is 0.545. The second kappa shape index (κ2) is 2.73. The largest absolute Gasteiger partial charge is 0.307 e. The summed E-state index contributed by atoms with van der Waals surface area (Å²) in [6, 6.07) is 0. The minimum absolute atomic E-state index is 0.545. The Morgan fingerprint density at radius 3 is 1.85 bits per heavy atom. The molecule has 0 aliphatic heterocycles. The van der Waals surface area contributed by atoms with E-state index < -0.39 is 0 Å². The van der Waals surface area contributed by atoms with E-state index in [0.717, 1.165) is 17.8 Å². The van der Waals surface area contributed by atoms with Crippen molar-refractivity contribution in [2.45, 2.75) is 51.0 Å².